The Bertz CT molecular complexity index is 1160. The van der Waals surface area contributed by atoms with Crippen LogP contribution < -0.4 is 9.46 Å². The van der Waals surface area contributed by atoms with Crippen LogP contribution in [0.1, 0.15) is 123 Å². The highest BCUT2D eigenvalue weighted by Gasteiger charge is 2.29. The molecule has 1 N–H and O–H groups in total. The molecule has 7 nitrogen and oxygen atoms in total. The second-order valence-electron chi connectivity index (χ2n) is 11.6. The number of ether oxygens (including phenoxy) is 2. The third-order valence-electron chi connectivity index (χ3n) is 7.69. The number of nitrogens with one attached hydrogen (secondary N) is 1. The number of carbonyl (C=O) groups is 1. The first-order chi connectivity index (χ1) is 19.5. The van der Waals surface area contributed by atoms with Crippen LogP contribution in [-0.2, 0) is 25.0 Å². The fourth-order valence-corrected chi connectivity index (χ4v) is 5.76. The van der Waals surface area contributed by atoms with Crippen LogP contribution in [0.15, 0.2) is 41.4 Å². The lowest BCUT2D eigenvalue weighted by molar-refractivity contribution is -0.151. The number of benzene rings is 1. The van der Waals surface area contributed by atoms with Gasteiger partial charge in [-0.2, -0.15) is 0 Å². The highest BCUT2D eigenvalue weighted by molar-refractivity contribution is 7.92. The minimum absolute atomic E-state index is 0.0173. The summed E-state index contributed by atoms with van der Waals surface area (Å²) in [5.74, 6) is -0.127. The molecular formula is C33H52N2O5S. The maximum absolute atomic E-state index is 13.6. The van der Waals surface area contributed by atoms with Gasteiger partial charge in [-0.15, -0.1) is 0 Å². The second kappa shape index (κ2) is 17.4. The number of rotatable bonds is 20. The van der Waals surface area contributed by atoms with E-state index in [2.05, 4.69) is 37.4 Å². The number of anilines is 1. The number of carbonyl (C=O) groups excluding carboxylic acids is 1. The van der Waals surface area contributed by atoms with Crippen molar-refractivity contribution >= 4 is 21.8 Å². The van der Waals surface area contributed by atoms with Gasteiger partial charge in [0, 0.05) is 6.20 Å². The van der Waals surface area contributed by atoms with Gasteiger partial charge >= 0.3 is 5.97 Å². The van der Waals surface area contributed by atoms with Gasteiger partial charge in [0.25, 0.3) is 10.0 Å². The van der Waals surface area contributed by atoms with E-state index in [1.807, 2.05) is 13.0 Å². The van der Waals surface area contributed by atoms with Crippen molar-refractivity contribution in [2.24, 2.45) is 0 Å². The summed E-state index contributed by atoms with van der Waals surface area (Å²) in [5.41, 5.74) is 1.54. The van der Waals surface area contributed by atoms with E-state index in [9.17, 15) is 13.2 Å². The monoisotopic (exact) mass is 588 g/mol. The lowest BCUT2D eigenvalue weighted by atomic mass is 9.82. The Morgan fingerprint density at radius 1 is 0.927 bits per heavy atom. The summed E-state index contributed by atoms with van der Waals surface area (Å²) in [5, 5.41) is 0. The first-order valence-electron chi connectivity index (χ1n) is 15.5. The molecule has 0 saturated carbocycles. The summed E-state index contributed by atoms with van der Waals surface area (Å²) < 4.78 is 41.4. The molecule has 1 unspecified atom stereocenters. The normalized spacial score (nSPS) is 12.6. The van der Waals surface area contributed by atoms with Crippen molar-refractivity contribution in [1.82, 2.24) is 4.98 Å². The molecule has 0 spiro atoms. The molecule has 1 atom stereocenters. The van der Waals surface area contributed by atoms with E-state index in [1.165, 1.54) is 44.9 Å². The highest BCUT2D eigenvalue weighted by Crippen LogP contribution is 2.34. The van der Waals surface area contributed by atoms with Crippen molar-refractivity contribution in [2.75, 3.05) is 11.3 Å². The molecule has 0 aliphatic rings. The number of hydrogen-bond acceptors (Lipinski definition) is 6. The number of sulfonamides is 1. The average Bonchev–Trinajstić information content (AvgIpc) is 2.94. The molecule has 2 rings (SSSR count). The lowest BCUT2D eigenvalue weighted by Crippen LogP contribution is -2.30. The smallest absolute Gasteiger partial charge is 0.347 e. The molecule has 1 aromatic heterocycles. The summed E-state index contributed by atoms with van der Waals surface area (Å²) in [4.78, 5) is 17.1. The molecule has 2 aromatic rings. The van der Waals surface area contributed by atoms with Gasteiger partial charge in [-0.25, -0.2) is 18.2 Å². The molecule has 230 valence electrons. The Morgan fingerprint density at radius 3 is 2.12 bits per heavy atom. The van der Waals surface area contributed by atoms with Gasteiger partial charge in [-0.05, 0) is 67.9 Å². The number of hydrogen-bond donors (Lipinski definition) is 1. The molecule has 0 amide bonds. The number of pyridine rings is 1. The maximum Gasteiger partial charge on any atom is 0.347 e. The summed E-state index contributed by atoms with van der Waals surface area (Å²) in [7, 11) is -4.07. The molecule has 0 fully saturated rings. The summed E-state index contributed by atoms with van der Waals surface area (Å²) >= 11 is 0. The van der Waals surface area contributed by atoms with Crippen molar-refractivity contribution in [3.05, 3.63) is 47.7 Å². The lowest BCUT2D eigenvalue weighted by Gasteiger charge is -2.26. The molecule has 0 aliphatic heterocycles. The van der Waals surface area contributed by atoms with Crippen LogP contribution in [0, 0.1) is 6.92 Å². The minimum Gasteiger partial charge on any atom is -0.477 e. The van der Waals surface area contributed by atoms with Gasteiger partial charge < -0.3 is 9.47 Å². The first kappa shape index (κ1) is 34.6. The molecule has 1 heterocycles. The van der Waals surface area contributed by atoms with Crippen molar-refractivity contribution in [3.8, 4) is 5.75 Å². The van der Waals surface area contributed by atoms with E-state index in [0.29, 0.717) is 6.42 Å². The van der Waals surface area contributed by atoms with Crippen LogP contribution >= 0.6 is 0 Å². The Balaban J connectivity index is 2.20. The summed E-state index contributed by atoms with van der Waals surface area (Å²) in [6.45, 7) is 12.3. The first-order valence-corrected chi connectivity index (χ1v) is 17.0. The number of esters is 1. The molecule has 0 aliphatic carbocycles. The Labute approximate surface area is 248 Å². The number of unbranched alkanes of at least 4 members (excludes halogenated alkanes) is 9. The molecule has 0 bridgehead atoms. The third-order valence-corrected chi connectivity index (χ3v) is 9.06. The van der Waals surface area contributed by atoms with Crippen molar-refractivity contribution in [2.45, 2.75) is 135 Å². The van der Waals surface area contributed by atoms with E-state index in [0.717, 1.165) is 36.8 Å². The number of nitrogens with zero attached hydrogens (tertiary/aromatic N) is 1. The van der Waals surface area contributed by atoms with Crippen LogP contribution in [-0.4, -0.2) is 32.1 Å². The average molecular weight is 589 g/mol. The SMILES string of the molecule is CCCCCCCCCCCCC(Oc1ccc(C(C)(C)CC)cc1S(=O)(=O)Nc1ccc(C)cn1)C(=O)OCC. The van der Waals surface area contributed by atoms with Crippen molar-refractivity contribution in [3.63, 3.8) is 0 Å². The molecule has 41 heavy (non-hydrogen) atoms. The quantitative estimate of drug-likeness (QED) is 0.123. The van der Waals surface area contributed by atoms with Gasteiger partial charge in [0.1, 0.15) is 16.5 Å². The van der Waals surface area contributed by atoms with Crippen molar-refractivity contribution < 1.29 is 22.7 Å². The van der Waals surface area contributed by atoms with E-state index in [4.69, 9.17) is 9.47 Å². The third kappa shape index (κ3) is 11.7. The predicted octanol–water partition coefficient (Wildman–Crippen LogP) is 8.50. The molecule has 1 aromatic carbocycles. The minimum atomic E-state index is -4.07. The topological polar surface area (TPSA) is 94.6 Å². The van der Waals surface area contributed by atoms with E-state index in [-0.39, 0.29) is 28.5 Å². The predicted molar refractivity (Wildman–Crippen MR) is 167 cm³/mol. The van der Waals surface area contributed by atoms with E-state index >= 15 is 0 Å². The fourth-order valence-electron chi connectivity index (χ4n) is 4.59. The van der Waals surface area contributed by atoms with Gasteiger partial charge in [0.2, 0.25) is 0 Å². The molecular weight excluding hydrogens is 536 g/mol. The van der Waals surface area contributed by atoms with Crippen LogP contribution in [0.3, 0.4) is 0 Å². The van der Waals surface area contributed by atoms with Gasteiger partial charge in [-0.3, -0.25) is 4.72 Å². The van der Waals surface area contributed by atoms with Crippen LogP contribution in [0.5, 0.6) is 5.75 Å². The number of aromatic nitrogens is 1. The standard InChI is InChI=1S/C33H52N2O5S/c1-7-10-11-12-13-14-15-16-17-18-19-29(32(36)39-9-3)40-28-22-21-27(33(5,6)8-2)24-30(28)41(37,38)35-31-23-20-26(4)25-34-31/h20-25,29H,7-19H2,1-6H3,(H,34,35). The van der Waals surface area contributed by atoms with Crippen molar-refractivity contribution in [1.29, 1.82) is 0 Å². The second-order valence-corrected chi connectivity index (χ2v) is 13.2. The largest absolute Gasteiger partial charge is 0.477 e. The molecule has 8 heteroatoms. The zero-order chi connectivity index (χ0) is 30.3. The number of aryl methyl sites for hydroxylation is 1. The van der Waals surface area contributed by atoms with Gasteiger partial charge in [-0.1, -0.05) is 97.6 Å². The molecule has 0 saturated heterocycles. The fraction of sp³-hybridized carbons (Fsp3) is 0.636. The van der Waals surface area contributed by atoms with Crippen LogP contribution in [0.2, 0.25) is 0 Å². The zero-order valence-corrected chi connectivity index (χ0v) is 26.9. The van der Waals surface area contributed by atoms with E-state index < -0.39 is 22.1 Å². The Kier molecular flexibility index (Phi) is 14.7. The Hall–Kier alpha value is -2.61. The van der Waals surface area contributed by atoms with Crippen LogP contribution in [0.4, 0.5) is 5.82 Å². The molecule has 0 radical (unpaired) electrons. The summed E-state index contributed by atoms with van der Waals surface area (Å²) in [6, 6.07) is 8.61. The van der Waals surface area contributed by atoms with E-state index in [1.54, 1.807) is 37.4 Å². The maximum atomic E-state index is 13.6. The summed E-state index contributed by atoms with van der Waals surface area (Å²) in [6.07, 6.45) is 13.8. The zero-order valence-electron chi connectivity index (χ0n) is 26.1. The van der Waals surface area contributed by atoms with Crippen LogP contribution in [0.25, 0.3) is 0 Å². The van der Waals surface area contributed by atoms with Gasteiger partial charge in [0.15, 0.2) is 6.10 Å². The highest BCUT2D eigenvalue weighted by atomic mass is 32.2. The Morgan fingerprint density at radius 2 is 1.56 bits per heavy atom. The van der Waals surface area contributed by atoms with Gasteiger partial charge in [0.05, 0.1) is 6.61 Å².